The molecule has 0 spiro atoms. The first kappa shape index (κ1) is 23.8. The van der Waals surface area contributed by atoms with Gasteiger partial charge in [-0.2, -0.15) is 0 Å². The minimum atomic E-state index is -0.349. The second kappa shape index (κ2) is 11.1. The van der Waals surface area contributed by atoms with E-state index in [0.29, 0.717) is 43.7 Å². The van der Waals surface area contributed by atoms with Crippen LogP contribution in [0.5, 0.6) is 0 Å². The zero-order valence-electron chi connectivity index (χ0n) is 18.9. The molecule has 32 heavy (non-hydrogen) atoms. The molecule has 2 aromatic rings. The van der Waals surface area contributed by atoms with Crippen LogP contribution in [0.1, 0.15) is 42.7 Å². The van der Waals surface area contributed by atoms with E-state index in [1.54, 1.807) is 46.1 Å². The number of aliphatic hydroxyl groups is 1. The number of rotatable bonds is 5. The molecule has 0 saturated carbocycles. The largest absolute Gasteiger partial charge is 0.394 e. The van der Waals surface area contributed by atoms with Crippen LogP contribution in [0.3, 0.4) is 0 Å². The third-order valence-corrected chi connectivity index (χ3v) is 5.77. The summed E-state index contributed by atoms with van der Waals surface area (Å²) in [6.45, 7) is 5.32. The van der Waals surface area contributed by atoms with Crippen molar-refractivity contribution in [1.29, 1.82) is 0 Å². The van der Waals surface area contributed by atoms with Gasteiger partial charge in [0.15, 0.2) is 0 Å². The Morgan fingerprint density at radius 2 is 2.12 bits per heavy atom. The van der Waals surface area contributed by atoms with E-state index >= 15 is 0 Å². The van der Waals surface area contributed by atoms with Gasteiger partial charge in [0.05, 0.1) is 31.6 Å². The van der Waals surface area contributed by atoms with Crippen molar-refractivity contribution < 1.29 is 19.4 Å². The summed E-state index contributed by atoms with van der Waals surface area (Å²) in [6, 6.07) is 3.05. The fourth-order valence-corrected chi connectivity index (χ4v) is 3.76. The van der Waals surface area contributed by atoms with Crippen molar-refractivity contribution in [3.63, 3.8) is 0 Å². The lowest BCUT2D eigenvalue weighted by atomic mass is 10.0. The third kappa shape index (κ3) is 6.10. The summed E-state index contributed by atoms with van der Waals surface area (Å²) in [4.78, 5) is 33.0. The van der Waals surface area contributed by atoms with Gasteiger partial charge in [0.1, 0.15) is 5.69 Å². The summed E-state index contributed by atoms with van der Waals surface area (Å²) in [6.07, 6.45) is 5.64. The quantitative estimate of drug-likeness (QED) is 0.731. The first-order valence-electron chi connectivity index (χ1n) is 11.0. The molecular formula is C22H32N6O4. The van der Waals surface area contributed by atoms with Crippen molar-refractivity contribution >= 4 is 11.8 Å². The van der Waals surface area contributed by atoms with E-state index in [-0.39, 0.29) is 43.1 Å². The van der Waals surface area contributed by atoms with Crippen LogP contribution >= 0.6 is 0 Å². The minimum Gasteiger partial charge on any atom is -0.394 e. The fourth-order valence-electron chi connectivity index (χ4n) is 3.76. The smallest absolute Gasteiger partial charge is 0.253 e. The predicted octanol–water partition coefficient (Wildman–Crippen LogP) is 0.970. The van der Waals surface area contributed by atoms with E-state index in [0.717, 1.165) is 0 Å². The van der Waals surface area contributed by atoms with Gasteiger partial charge in [-0.15, -0.1) is 5.10 Å². The molecule has 2 bridgehead atoms. The Kier molecular flexibility index (Phi) is 8.29. The predicted molar refractivity (Wildman–Crippen MR) is 116 cm³/mol. The Balaban J connectivity index is 1.80. The zero-order valence-corrected chi connectivity index (χ0v) is 18.9. The van der Waals surface area contributed by atoms with Crippen LogP contribution < -0.4 is 0 Å². The summed E-state index contributed by atoms with van der Waals surface area (Å²) in [7, 11) is 1.73. The SMILES string of the molecule is C[C@@H]1CN([C@@H](C)CO)C(=O)CCCn2cc(nn2)CO[C@@H]1CN(C)C(=O)c1ccncc1. The molecule has 3 atom stereocenters. The standard InChI is InChI=1S/C22H32N6O4/c1-16-11-28(17(2)14-29)21(30)5-4-10-27-12-19(24-25-27)15-32-20(16)13-26(3)22(31)18-6-8-23-9-7-18/h6-9,12,16-17,20,29H,4-5,10-11,13-15H2,1-3H3/t16-,17+,20-/m1/s1. The Bertz CT molecular complexity index is 890. The maximum absolute atomic E-state index is 12.9. The van der Waals surface area contributed by atoms with Gasteiger partial charge >= 0.3 is 0 Å². The van der Waals surface area contributed by atoms with Gasteiger partial charge in [-0.05, 0) is 25.5 Å². The number of amides is 2. The van der Waals surface area contributed by atoms with E-state index in [1.165, 1.54) is 0 Å². The maximum Gasteiger partial charge on any atom is 0.253 e. The second-order valence-electron chi connectivity index (χ2n) is 8.40. The molecule has 1 aliphatic rings. The van der Waals surface area contributed by atoms with Gasteiger partial charge in [0.25, 0.3) is 5.91 Å². The summed E-state index contributed by atoms with van der Waals surface area (Å²) in [5, 5.41) is 18.0. The molecule has 0 aliphatic carbocycles. The molecule has 3 heterocycles. The molecule has 0 aromatic carbocycles. The number of carbonyl (C=O) groups is 2. The molecule has 0 radical (unpaired) electrons. The summed E-state index contributed by atoms with van der Waals surface area (Å²) < 4.78 is 7.91. The van der Waals surface area contributed by atoms with Crippen LogP contribution in [0.25, 0.3) is 0 Å². The lowest BCUT2D eigenvalue weighted by Gasteiger charge is -2.35. The van der Waals surface area contributed by atoms with Crippen molar-refractivity contribution in [3.05, 3.63) is 42.0 Å². The molecule has 10 heteroatoms. The highest BCUT2D eigenvalue weighted by Crippen LogP contribution is 2.18. The summed E-state index contributed by atoms with van der Waals surface area (Å²) in [5.41, 5.74) is 1.25. The number of nitrogens with zero attached hydrogens (tertiary/aromatic N) is 6. The van der Waals surface area contributed by atoms with Crippen LogP contribution in [-0.4, -0.2) is 85.6 Å². The Hall–Kier alpha value is -2.85. The highest BCUT2D eigenvalue weighted by Gasteiger charge is 2.29. The van der Waals surface area contributed by atoms with Crippen LogP contribution in [0.15, 0.2) is 30.7 Å². The van der Waals surface area contributed by atoms with Crippen LogP contribution in [0, 0.1) is 5.92 Å². The molecule has 0 fully saturated rings. The van der Waals surface area contributed by atoms with Crippen LogP contribution in [-0.2, 0) is 22.7 Å². The average Bonchev–Trinajstić information content (AvgIpc) is 3.26. The highest BCUT2D eigenvalue weighted by atomic mass is 16.5. The number of aliphatic hydroxyl groups excluding tert-OH is 1. The summed E-state index contributed by atoms with van der Waals surface area (Å²) >= 11 is 0. The number of fused-ring (bicyclic) bond motifs is 2. The van der Waals surface area contributed by atoms with Gasteiger partial charge in [-0.3, -0.25) is 19.3 Å². The number of aromatic nitrogens is 4. The lowest BCUT2D eigenvalue weighted by molar-refractivity contribution is -0.136. The Labute approximate surface area is 188 Å². The number of pyridine rings is 1. The second-order valence-corrected chi connectivity index (χ2v) is 8.40. The normalized spacial score (nSPS) is 21.2. The number of hydrogen-bond acceptors (Lipinski definition) is 7. The van der Waals surface area contributed by atoms with E-state index in [2.05, 4.69) is 15.3 Å². The molecule has 3 rings (SSSR count). The number of aryl methyl sites for hydroxylation is 1. The molecule has 1 N–H and O–H groups in total. The Morgan fingerprint density at radius 1 is 1.38 bits per heavy atom. The number of likely N-dealkylation sites (N-methyl/N-ethyl adjacent to an activating group) is 1. The lowest BCUT2D eigenvalue weighted by Crippen LogP contribution is -2.47. The highest BCUT2D eigenvalue weighted by molar-refractivity contribution is 5.93. The minimum absolute atomic E-state index is 0.0158. The van der Waals surface area contributed by atoms with E-state index < -0.39 is 0 Å². The molecule has 10 nitrogen and oxygen atoms in total. The molecular weight excluding hydrogens is 412 g/mol. The van der Waals surface area contributed by atoms with E-state index in [4.69, 9.17) is 4.74 Å². The monoisotopic (exact) mass is 444 g/mol. The van der Waals surface area contributed by atoms with Crippen LogP contribution in [0.4, 0.5) is 0 Å². The molecule has 1 aliphatic heterocycles. The van der Waals surface area contributed by atoms with Crippen molar-refractivity contribution in [2.24, 2.45) is 5.92 Å². The van der Waals surface area contributed by atoms with Crippen molar-refractivity contribution in [2.45, 2.75) is 52.0 Å². The fraction of sp³-hybridized carbons (Fsp3) is 0.591. The molecule has 174 valence electrons. The van der Waals surface area contributed by atoms with Gasteiger partial charge in [0.2, 0.25) is 5.91 Å². The van der Waals surface area contributed by atoms with Gasteiger partial charge in [-0.1, -0.05) is 12.1 Å². The van der Waals surface area contributed by atoms with Crippen LogP contribution in [0.2, 0.25) is 0 Å². The number of carbonyl (C=O) groups excluding carboxylic acids is 2. The maximum atomic E-state index is 12.9. The average molecular weight is 445 g/mol. The third-order valence-electron chi connectivity index (χ3n) is 5.77. The van der Waals surface area contributed by atoms with Gasteiger partial charge in [0, 0.05) is 57.0 Å². The van der Waals surface area contributed by atoms with Crippen molar-refractivity contribution in [1.82, 2.24) is 29.8 Å². The number of hydrogen-bond donors (Lipinski definition) is 1. The first-order chi connectivity index (χ1) is 15.4. The summed E-state index contributed by atoms with van der Waals surface area (Å²) in [5.74, 6) is -0.233. The molecule has 2 amide bonds. The van der Waals surface area contributed by atoms with Crippen molar-refractivity contribution in [3.8, 4) is 0 Å². The van der Waals surface area contributed by atoms with Gasteiger partial charge in [-0.25, -0.2) is 0 Å². The zero-order chi connectivity index (χ0) is 23.1. The van der Waals surface area contributed by atoms with Crippen molar-refractivity contribution in [2.75, 3.05) is 26.7 Å². The van der Waals surface area contributed by atoms with Gasteiger partial charge < -0.3 is 19.6 Å². The van der Waals surface area contributed by atoms with E-state index in [9.17, 15) is 14.7 Å². The van der Waals surface area contributed by atoms with E-state index in [1.807, 2.05) is 20.0 Å². The molecule has 0 saturated heterocycles. The molecule has 2 aromatic heterocycles. The molecule has 0 unspecified atom stereocenters. The topological polar surface area (TPSA) is 114 Å². The number of ether oxygens (including phenoxy) is 1. The Morgan fingerprint density at radius 3 is 2.84 bits per heavy atom. The first-order valence-corrected chi connectivity index (χ1v) is 11.0.